The highest BCUT2D eigenvalue weighted by molar-refractivity contribution is 5.87. The fraction of sp³-hybridized carbons (Fsp3) is 0.0769. The van der Waals surface area contributed by atoms with Gasteiger partial charge in [0.2, 0.25) is 0 Å². The molecule has 4 N–H and O–H groups in total. The maximum atomic E-state index is 13.9. The summed E-state index contributed by atoms with van der Waals surface area (Å²) in [5, 5.41) is 54.5. The zero-order valence-electron chi connectivity index (χ0n) is 37.4. The van der Waals surface area contributed by atoms with Gasteiger partial charge in [-0.05, 0) is 96.4 Å². The van der Waals surface area contributed by atoms with Crippen molar-refractivity contribution < 1.29 is 20.4 Å². The molecule has 4 nitrogen and oxygen atoms in total. The van der Waals surface area contributed by atoms with E-state index in [0.717, 1.165) is 100 Å². The van der Waals surface area contributed by atoms with Crippen molar-refractivity contribution in [2.24, 2.45) is 0 Å². The van der Waals surface area contributed by atoms with Crippen LogP contribution in [-0.4, -0.2) is 20.4 Å². The predicted octanol–water partition coefficient (Wildman–Crippen LogP) is 12.3. The lowest BCUT2D eigenvalue weighted by Gasteiger charge is -2.34. The van der Waals surface area contributed by atoms with Crippen LogP contribution in [0.3, 0.4) is 0 Å². The minimum atomic E-state index is -1.62. The van der Waals surface area contributed by atoms with E-state index in [-0.39, 0.29) is 0 Å². The molecule has 10 aromatic carbocycles. The van der Waals surface area contributed by atoms with Gasteiger partial charge in [0.15, 0.2) is 0 Å². The van der Waals surface area contributed by atoms with Crippen LogP contribution >= 0.6 is 0 Å². The summed E-state index contributed by atoms with van der Waals surface area (Å²) < 4.78 is 0. The van der Waals surface area contributed by atoms with Crippen molar-refractivity contribution in [2.45, 2.75) is 28.8 Å². The Hall–Kier alpha value is -7.96. The summed E-state index contributed by atoms with van der Waals surface area (Å²) in [6.45, 7) is 0. The molecule has 14 rings (SSSR count). The number of hydrogen-bond donors (Lipinski definition) is 4. The molecule has 0 aliphatic heterocycles. The van der Waals surface area contributed by atoms with Gasteiger partial charge in [0.05, 0.1) is 0 Å². The molecule has 0 fully saturated rings. The summed E-state index contributed by atoms with van der Waals surface area (Å²) in [6, 6.07) is 76.5. The lowest BCUT2D eigenvalue weighted by Crippen LogP contribution is -2.32. The molecule has 0 aromatic heterocycles. The van der Waals surface area contributed by atoms with Gasteiger partial charge in [0, 0.05) is 44.5 Å². The highest BCUT2D eigenvalue weighted by atomic mass is 16.3. The minimum Gasteiger partial charge on any atom is -0.376 e. The first-order valence-electron chi connectivity index (χ1n) is 23.7. The van der Waals surface area contributed by atoms with E-state index in [2.05, 4.69) is 60.7 Å². The Bertz CT molecular complexity index is 3370. The molecule has 0 radical (unpaired) electrons. The van der Waals surface area contributed by atoms with Crippen molar-refractivity contribution in [2.75, 3.05) is 0 Å². The molecule has 0 atom stereocenters. The first-order chi connectivity index (χ1) is 33.7. The standard InChI is InChI=1S/C65H44O4/c66-62(52-25-9-1-17-44(52)45-18-2-10-26-53(45)62)42-35-33-40(60(38-42)64(68)56-29-13-5-21-48(56)49-22-6-14-30-57(49)64)37-41-34-36-43(63(67)54-27-11-3-19-46(54)47-20-4-12-28-55(47)63)39-61(41)65(69)58-31-15-7-23-50(58)51-24-8-16-32-59(51)65/h1-36,38-39,66-69H,37H2. The average Bonchev–Trinajstić information content (AvgIpc) is 4.04. The van der Waals surface area contributed by atoms with Crippen LogP contribution in [0.15, 0.2) is 231 Å². The number of rotatable bonds is 6. The minimum absolute atomic E-state index is 0.293. The quantitative estimate of drug-likeness (QED) is 0.134. The zero-order valence-corrected chi connectivity index (χ0v) is 37.4. The van der Waals surface area contributed by atoms with Crippen molar-refractivity contribution in [1.82, 2.24) is 0 Å². The zero-order chi connectivity index (χ0) is 46.3. The third kappa shape index (κ3) is 5.16. The second kappa shape index (κ2) is 14.3. The number of aliphatic hydroxyl groups is 4. The predicted molar refractivity (Wildman–Crippen MR) is 272 cm³/mol. The van der Waals surface area contributed by atoms with Gasteiger partial charge in [-0.15, -0.1) is 0 Å². The van der Waals surface area contributed by atoms with Crippen LogP contribution in [0.2, 0.25) is 0 Å². The average molecular weight is 889 g/mol. The summed E-state index contributed by atoms with van der Waals surface area (Å²) in [6.07, 6.45) is 0.293. The molecular formula is C65H44O4. The smallest absolute Gasteiger partial charge is 0.142 e. The van der Waals surface area contributed by atoms with Gasteiger partial charge < -0.3 is 20.4 Å². The molecule has 69 heavy (non-hydrogen) atoms. The van der Waals surface area contributed by atoms with Crippen LogP contribution in [-0.2, 0) is 28.8 Å². The van der Waals surface area contributed by atoms with E-state index < -0.39 is 22.4 Å². The molecule has 4 aliphatic rings. The first-order valence-corrected chi connectivity index (χ1v) is 23.7. The summed E-state index contributed by atoms with van der Waals surface area (Å²) in [5.41, 5.74) is 11.8. The monoisotopic (exact) mass is 888 g/mol. The van der Waals surface area contributed by atoms with Gasteiger partial charge in [-0.1, -0.05) is 218 Å². The van der Waals surface area contributed by atoms with Gasteiger partial charge in [0.25, 0.3) is 0 Å². The number of benzene rings is 10. The van der Waals surface area contributed by atoms with E-state index in [4.69, 9.17) is 0 Å². The Labute approximate surface area is 400 Å². The third-order valence-corrected chi connectivity index (χ3v) is 15.9. The fourth-order valence-corrected chi connectivity index (χ4v) is 12.8. The molecule has 10 aromatic rings. The number of hydrogen-bond acceptors (Lipinski definition) is 4. The molecular weight excluding hydrogens is 845 g/mol. The van der Waals surface area contributed by atoms with E-state index in [9.17, 15) is 20.4 Å². The van der Waals surface area contributed by atoms with Crippen molar-refractivity contribution in [1.29, 1.82) is 0 Å². The van der Waals surface area contributed by atoms with Gasteiger partial charge in [-0.25, -0.2) is 0 Å². The maximum absolute atomic E-state index is 13.9. The Balaban J connectivity index is 1.03. The second-order valence-corrected chi connectivity index (χ2v) is 19.1. The van der Waals surface area contributed by atoms with Gasteiger partial charge in [-0.2, -0.15) is 0 Å². The third-order valence-electron chi connectivity index (χ3n) is 15.9. The number of fused-ring (bicyclic) bond motifs is 12. The van der Waals surface area contributed by atoms with Crippen LogP contribution < -0.4 is 0 Å². The van der Waals surface area contributed by atoms with Gasteiger partial charge in [-0.3, -0.25) is 0 Å². The summed E-state index contributed by atoms with van der Waals surface area (Å²) >= 11 is 0. The summed E-state index contributed by atoms with van der Waals surface area (Å²) in [7, 11) is 0. The van der Waals surface area contributed by atoms with Crippen molar-refractivity contribution in [3.05, 3.63) is 308 Å². The Morgan fingerprint density at radius 1 is 0.217 bits per heavy atom. The molecule has 0 heterocycles. The summed E-state index contributed by atoms with van der Waals surface area (Å²) in [5.74, 6) is 0. The van der Waals surface area contributed by atoms with Crippen LogP contribution in [0.1, 0.15) is 77.9 Å². The molecule has 0 amide bonds. The van der Waals surface area contributed by atoms with E-state index in [1.165, 1.54) is 0 Å². The first kappa shape index (κ1) is 40.1. The van der Waals surface area contributed by atoms with Gasteiger partial charge >= 0.3 is 0 Å². The van der Waals surface area contributed by atoms with E-state index in [1.54, 1.807) is 0 Å². The van der Waals surface area contributed by atoms with Crippen molar-refractivity contribution in [3.63, 3.8) is 0 Å². The van der Waals surface area contributed by atoms with E-state index in [1.807, 2.05) is 170 Å². The lowest BCUT2D eigenvalue weighted by atomic mass is 9.74. The fourth-order valence-electron chi connectivity index (χ4n) is 12.8. The van der Waals surface area contributed by atoms with Crippen LogP contribution in [0.5, 0.6) is 0 Å². The Morgan fingerprint density at radius 2 is 0.420 bits per heavy atom. The van der Waals surface area contributed by atoms with Crippen molar-refractivity contribution in [3.8, 4) is 44.5 Å². The molecule has 0 saturated carbocycles. The van der Waals surface area contributed by atoms with Crippen LogP contribution in [0.4, 0.5) is 0 Å². The molecule has 0 unspecified atom stereocenters. The topological polar surface area (TPSA) is 80.9 Å². The molecule has 4 aliphatic carbocycles. The van der Waals surface area contributed by atoms with Crippen LogP contribution in [0, 0.1) is 0 Å². The SMILES string of the molecule is OC1(c2ccc(Cc3ccc(C4(O)c5ccccc5-c5ccccc54)cc3C3(O)c4ccccc4-c4ccccc43)c(C3(O)c4ccccc4-c4ccccc43)c2)c2ccccc2-c2ccccc21. The highest BCUT2D eigenvalue weighted by Crippen LogP contribution is 2.58. The van der Waals surface area contributed by atoms with E-state index in [0.29, 0.717) is 28.7 Å². The molecule has 0 bridgehead atoms. The molecule has 328 valence electrons. The lowest BCUT2D eigenvalue weighted by molar-refractivity contribution is 0.123. The maximum Gasteiger partial charge on any atom is 0.142 e. The Morgan fingerprint density at radius 3 is 0.652 bits per heavy atom. The second-order valence-electron chi connectivity index (χ2n) is 19.1. The largest absolute Gasteiger partial charge is 0.376 e. The Kier molecular flexibility index (Phi) is 8.31. The van der Waals surface area contributed by atoms with E-state index >= 15 is 0 Å². The van der Waals surface area contributed by atoms with Crippen molar-refractivity contribution >= 4 is 0 Å². The highest BCUT2D eigenvalue weighted by Gasteiger charge is 2.50. The normalized spacial score (nSPS) is 16.1. The molecule has 0 saturated heterocycles. The molecule has 0 spiro atoms. The van der Waals surface area contributed by atoms with Crippen LogP contribution in [0.25, 0.3) is 44.5 Å². The molecule has 4 heteroatoms. The van der Waals surface area contributed by atoms with Gasteiger partial charge in [0.1, 0.15) is 22.4 Å². The summed E-state index contributed by atoms with van der Waals surface area (Å²) in [4.78, 5) is 0.